The second-order valence-corrected chi connectivity index (χ2v) is 7.94. The number of carbonyl (C=O) groups excluding carboxylic acids is 1. The summed E-state index contributed by atoms with van der Waals surface area (Å²) in [5, 5.41) is 0.858. The minimum atomic E-state index is -0.985. The van der Waals surface area contributed by atoms with E-state index in [9.17, 15) is 9.59 Å². The summed E-state index contributed by atoms with van der Waals surface area (Å²) in [7, 11) is 0. The maximum Gasteiger partial charge on any atom is 0.334 e. The van der Waals surface area contributed by atoms with Crippen LogP contribution in [0.5, 0.6) is 5.75 Å². The van der Waals surface area contributed by atoms with Crippen LogP contribution in [-0.2, 0) is 15.1 Å². The fourth-order valence-electron chi connectivity index (χ4n) is 4.09. The zero-order chi connectivity index (χ0) is 22.1. The second-order valence-electron chi connectivity index (χ2n) is 7.94. The van der Waals surface area contributed by atoms with Crippen LogP contribution in [0.2, 0.25) is 0 Å². The van der Waals surface area contributed by atoms with Crippen LogP contribution < -0.4 is 10.3 Å². The number of para-hydroxylation sites is 1. The van der Waals surface area contributed by atoms with Crippen molar-refractivity contribution in [2.45, 2.75) is 12.0 Å². The minimum Gasteiger partial charge on any atom is -0.487 e. The molecule has 0 amide bonds. The molecule has 32 heavy (non-hydrogen) atoms. The number of rotatable bonds is 5. The third-order valence-electron chi connectivity index (χ3n) is 5.78. The van der Waals surface area contributed by atoms with Crippen molar-refractivity contribution < 1.29 is 14.3 Å². The first-order valence-corrected chi connectivity index (χ1v) is 10.4. The summed E-state index contributed by atoms with van der Waals surface area (Å²) in [6.45, 7) is 3.96. The summed E-state index contributed by atoms with van der Waals surface area (Å²) in [5.41, 5.74) is 2.83. The lowest BCUT2D eigenvalue weighted by Gasteiger charge is -2.28. The summed E-state index contributed by atoms with van der Waals surface area (Å²) in [4.78, 5) is 26.9. The molecule has 1 fully saturated rings. The topological polar surface area (TPSA) is 68.4 Å². The minimum absolute atomic E-state index is 0.0957. The molecule has 4 aromatic rings. The van der Waals surface area contributed by atoms with Crippen molar-refractivity contribution in [1.82, 2.24) is 4.98 Å². The molecule has 0 saturated carbocycles. The summed E-state index contributed by atoms with van der Waals surface area (Å²) < 4.78 is 12.0. The maximum absolute atomic E-state index is 12.3. The van der Waals surface area contributed by atoms with E-state index in [1.165, 1.54) is 6.07 Å². The molecule has 1 unspecified atom stereocenters. The number of cyclic esters (lactones) is 1. The van der Waals surface area contributed by atoms with Crippen molar-refractivity contribution in [3.8, 4) is 16.9 Å². The average Bonchev–Trinajstić information content (AvgIpc) is 3.12. The van der Waals surface area contributed by atoms with Crippen molar-refractivity contribution in [2.24, 2.45) is 0 Å². The Bertz CT molecular complexity index is 1350. The number of carbonyl (C=O) groups is 1. The third kappa shape index (κ3) is 3.58. The Morgan fingerprint density at radius 1 is 0.875 bits per heavy atom. The predicted molar refractivity (Wildman–Crippen MR) is 123 cm³/mol. The number of benzene rings is 3. The normalized spacial score (nSPS) is 18.0. The van der Waals surface area contributed by atoms with E-state index in [4.69, 9.17) is 9.47 Å². The highest BCUT2D eigenvalue weighted by Gasteiger charge is 2.45. The fourth-order valence-corrected chi connectivity index (χ4v) is 4.09. The molecule has 2 heterocycles. The van der Waals surface area contributed by atoms with Gasteiger partial charge in [0, 0.05) is 23.4 Å². The standard InChI is InChI=1S/C27H21NO4/c1-18-16-27(32-26(18)30,22-13-10-20(11-14-22)19-6-3-2-4-7-19)17-31-23-9-5-8-21-12-15-24(29)28-25(21)23/h2-15H,1,16-17H2,(H,28,29). The first-order chi connectivity index (χ1) is 15.5. The van der Waals surface area contributed by atoms with E-state index >= 15 is 0 Å². The highest BCUT2D eigenvalue weighted by molar-refractivity contribution is 5.91. The van der Waals surface area contributed by atoms with Gasteiger partial charge in [-0.05, 0) is 28.8 Å². The monoisotopic (exact) mass is 423 g/mol. The lowest BCUT2D eigenvalue weighted by Crippen LogP contribution is -2.33. The molecule has 0 spiro atoms. The number of nitrogens with one attached hydrogen (secondary N) is 1. The summed E-state index contributed by atoms with van der Waals surface area (Å²) >= 11 is 0. The summed E-state index contributed by atoms with van der Waals surface area (Å²) in [6.07, 6.45) is 0.331. The Morgan fingerprint density at radius 3 is 2.34 bits per heavy atom. The van der Waals surface area contributed by atoms with Gasteiger partial charge in [-0.15, -0.1) is 0 Å². The van der Waals surface area contributed by atoms with E-state index in [0.717, 1.165) is 22.1 Å². The van der Waals surface area contributed by atoms with Gasteiger partial charge in [0.05, 0.1) is 5.52 Å². The molecule has 1 atom stereocenters. The number of esters is 1. The largest absolute Gasteiger partial charge is 0.487 e. The molecule has 1 aliphatic heterocycles. The van der Waals surface area contributed by atoms with Crippen LogP contribution in [0, 0.1) is 0 Å². The van der Waals surface area contributed by atoms with Gasteiger partial charge in [-0.25, -0.2) is 4.79 Å². The molecule has 0 aliphatic carbocycles. The Hall–Kier alpha value is -4.12. The zero-order valence-electron chi connectivity index (χ0n) is 17.3. The SMILES string of the molecule is C=C1CC(COc2cccc3ccc(=O)[nH]c23)(c2ccc(-c3ccccc3)cc2)OC1=O. The smallest absolute Gasteiger partial charge is 0.334 e. The van der Waals surface area contributed by atoms with Crippen LogP contribution in [0.15, 0.2) is 102 Å². The van der Waals surface area contributed by atoms with Gasteiger partial charge in [0.15, 0.2) is 5.60 Å². The summed E-state index contributed by atoms with van der Waals surface area (Å²) in [5.74, 6) is 0.0982. The molecule has 1 aliphatic rings. The zero-order valence-corrected chi connectivity index (χ0v) is 17.3. The van der Waals surface area contributed by atoms with Crippen LogP contribution in [-0.4, -0.2) is 17.6 Å². The Kier molecular flexibility index (Phi) is 4.86. The number of pyridine rings is 1. The lowest BCUT2D eigenvalue weighted by atomic mass is 9.89. The van der Waals surface area contributed by atoms with Crippen molar-refractivity contribution in [3.05, 3.63) is 113 Å². The van der Waals surface area contributed by atoms with Crippen LogP contribution in [0.25, 0.3) is 22.0 Å². The van der Waals surface area contributed by atoms with Crippen molar-refractivity contribution in [1.29, 1.82) is 0 Å². The summed E-state index contributed by atoms with van der Waals surface area (Å²) in [6, 6.07) is 26.8. The van der Waals surface area contributed by atoms with E-state index in [0.29, 0.717) is 23.3 Å². The molecule has 158 valence electrons. The number of hydrogen-bond acceptors (Lipinski definition) is 4. The van der Waals surface area contributed by atoms with E-state index in [2.05, 4.69) is 11.6 Å². The molecule has 5 rings (SSSR count). The van der Waals surface area contributed by atoms with E-state index in [-0.39, 0.29) is 12.2 Å². The first kappa shape index (κ1) is 19.8. The quantitative estimate of drug-likeness (QED) is 0.363. The Labute approximate surface area is 184 Å². The number of ether oxygens (including phenoxy) is 2. The molecule has 1 aromatic heterocycles. The number of hydrogen-bond donors (Lipinski definition) is 1. The van der Waals surface area contributed by atoms with Crippen LogP contribution >= 0.6 is 0 Å². The Balaban J connectivity index is 1.48. The fraction of sp³-hybridized carbons (Fsp3) is 0.111. The van der Waals surface area contributed by atoms with Crippen LogP contribution in [0.4, 0.5) is 0 Å². The molecular weight excluding hydrogens is 402 g/mol. The number of aromatic amines is 1. The second kappa shape index (κ2) is 7.85. The predicted octanol–water partition coefficient (Wildman–Crippen LogP) is 4.97. The van der Waals surface area contributed by atoms with Crippen molar-refractivity contribution in [2.75, 3.05) is 6.61 Å². The number of fused-ring (bicyclic) bond motifs is 1. The molecule has 3 aromatic carbocycles. The molecule has 1 N–H and O–H groups in total. The van der Waals surface area contributed by atoms with Gasteiger partial charge < -0.3 is 14.5 Å². The average molecular weight is 423 g/mol. The molecule has 1 saturated heterocycles. The molecule has 0 bridgehead atoms. The molecule has 5 nitrogen and oxygen atoms in total. The van der Waals surface area contributed by atoms with Crippen LogP contribution in [0.3, 0.4) is 0 Å². The molecule has 5 heteroatoms. The van der Waals surface area contributed by atoms with Gasteiger partial charge in [-0.3, -0.25) is 4.79 Å². The van der Waals surface area contributed by atoms with Gasteiger partial charge >= 0.3 is 5.97 Å². The van der Waals surface area contributed by atoms with Gasteiger partial charge in [0.25, 0.3) is 0 Å². The van der Waals surface area contributed by atoms with Crippen molar-refractivity contribution in [3.63, 3.8) is 0 Å². The van der Waals surface area contributed by atoms with Crippen LogP contribution in [0.1, 0.15) is 12.0 Å². The van der Waals surface area contributed by atoms with Gasteiger partial charge in [-0.1, -0.05) is 73.3 Å². The third-order valence-corrected chi connectivity index (χ3v) is 5.78. The van der Waals surface area contributed by atoms with Gasteiger partial charge in [-0.2, -0.15) is 0 Å². The van der Waals surface area contributed by atoms with Gasteiger partial charge in [0.1, 0.15) is 12.4 Å². The number of H-pyrrole nitrogens is 1. The number of aromatic nitrogens is 1. The highest BCUT2D eigenvalue weighted by Crippen LogP contribution is 2.40. The van der Waals surface area contributed by atoms with Crippen molar-refractivity contribution >= 4 is 16.9 Å². The first-order valence-electron chi connectivity index (χ1n) is 10.4. The Morgan fingerprint density at radius 2 is 1.62 bits per heavy atom. The maximum atomic E-state index is 12.3. The van der Waals surface area contributed by atoms with Gasteiger partial charge in [0.2, 0.25) is 5.56 Å². The molecule has 0 radical (unpaired) electrons. The van der Waals surface area contributed by atoms with E-state index < -0.39 is 11.6 Å². The molecular formula is C27H21NO4. The lowest BCUT2D eigenvalue weighted by molar-refractivity contribution is -0.150. The van der Waals surface area contributed by atoms with E-state index in [1.54, 1.807) is 12.1 Å². The highest BCUT2D eigenvalue weighted by atomic mass is 16.6. The van der Waals surface area contributed by atoms with E-state index in [1.807, 2.05) is 66.7 Å².